The zero-order valence-electron chi connectivity index (χ0n) is 17.4. The summed E-state index contributed by atoms with van der Waals surface area (Å²) in [6.45, 7) is 7.24. The third kappa shape index (κ3) is 5.17. The number of aryl methyl sites for hydroxylation is 1. The summed E-state index contributed by atoms with van der Waals surface area (Å²) in [6.07, 6.45) is 1.76. The van der Waals surface area contributed by atoms with E-state index in [1.807, 2.05) is 49.9 Å². The maximum atomic E-state index is 13.1. The van der Waals surface area contributed by atoms with E-state index in [0.29, 0.717) is 24.6 Å². The van der Waals surface area contributed by atoms with Crippen LogP contribution in [0.5, 0.6) is 5.75 Å². The lowest BCUT2D eigenvalue weighted by molar-refractivity contribution is -0.135. The van der Waals surface area contributed by atoms with Crippen molar-refractivity contribution >= 4 is 11.8 Å². The summed E-state index contributed by atoms with van der Waals surface area (Å²) in [6, 6.07) is 14.2. The molecular formula is C24H30N2O3. The second-order valence-corrected chi connectivity index (χ2v) is 8.25. The van der Waals surface area contributed by atoms with Crippen LogP contribution >= 0.6 is 0 Å². The van der Waals surface area contributed by atoms with Crippen molar-refractivity contribution in [2.24, 2.45) is 5.92 Å². The number of nitrogens with one attached hydrogen (secondary N) is 1. The van der Waals surface area contributed by atoms with E-state index in [9.17, 15) is 14.7 Å². The first-order valence-corrected chi connectivity index (χ1v) is 10.3. The van der Waals surface area contributed by atoms with Crippen LogP contribution < -0.4 is 5.32 Å². The predicted molar refractivity (Wildman–Crippen MR) is 114 cm³/mol. The molecule has 2 aromatic carbocycles. The van der Waals surface area contributed by atoms with E-state index < -0.39 is 6.04 Å². The third-order valence-corrected chi connectivity index (χ3v) is 5.70. The van der Waals surface area contributed by atoms with Crippen LogP contribution in [0.25, 0.3) is 0 Å². The van der Waals surface area contributed by atoms with Crippen molar-refractivity contribution in [3.05, 3.63) is 65.2 Å². The molecule has 5 nitrogen and oxygen atoms in total. The van der Waals surface area contributed by atoms with Gasteiger partial charge in [0.15, 0.2) is 0 Å². The first-order valence-electron chi connectivity index (χ1n) is 10.3. The molecule has 2 aromatic rings. The molecule has 0 spiro atoms. The monoisotopic (exact) mass is 394 g/mol. The molecule has 29 heavy (non-hydrogen) atoms. The molecule has 0 radical (unpaired) electrons. The molecule has 3 rings (SSSR count). The molecule has 1 saturated heterocycles. The van der Waals surface area contributed by atoms with Crippen LogP contribution in [0.3, 0.4) is 0 Å². The molecular weight excluding hydrogens is 364 g/mol. The Morgan fingerprint density at radius 1 is 1.00 bits per heavy atom. The quantitative estimate of drug-likeness (QED) is 0.809. The van der Waals surface area contributed by atoms with Gasteiger partial charge < -0.3 is 15.3 Å². The van der Waals surface area contributed by atoms with Gasteiger partial charge in [-0.25, -0.2) is 0 Å². The van der Waals surface area contributed by atoms with Crippen LogP contribution in [-0.2, 0) is 4.79 Å². The Balaban J connectivity index is 1.61. The lowest BCUT2D eigenvalue weighted by atomic mass is 9.89. The molecule has 5 heteroatoms. The Hall–Kier alpha value is -2.82. The fourth-order valence-corrected chi connectivity index (χ4v) is 3.82. The van der Waals surface area contributed by atoms with E-state index in [0.717, 1.165) is 18.4 Å². The van der Waals surface area contributed by atoms with Gasteiger partial charge >= 0.3 is 0 Å². The summed E-state index contributed by atoms with van der Waals surface area (Å²) in [5.41, 5.74) is 2.86. The van der Waals surface area contributed by atoms with Gasteiger partial charge in [0.2, 0.25) is 5.91 Å². The number of piperidine rings is 1. The molecule has 0 aliphatic carbocycles. The maximum Gasteiger partial charge on any atom is 0.251 e. The molecule has 0 saturated carbocycles. The number of benzene rings is 2. The number of nitrogens with zero attached hydrogens (tertiary/aromatic N) is 1. The maximum absolute atomic E-state index is 13.1. The number of phenolic OH excluding ortho intramolecular Hbond substituents is 1. The van der Waals surface area contributed by atoms with Crippen LogP contribution in [0, 0.1) is 12.8 Å². The SMILES string of the molecule is Cc1ccc(C(=O)NC(C(=O)N2CCC(c3ccc(O)cc3)CC2)C(C)C)cc1. The van der Waals surface area contributed by atoms with Crippen molar-refractivity contribution in [3.63, 3.8) is 0 Å². The van der Waals surface area contributed by atoms with Crippen molar-refractivity contribution in [2.45, 2.75) is 45.6 Å². The fourth-order valence-electron chi connectivity index (χ4n) is 3.82. The van der Waals surface area contributed by atoms with Gasteiger partial charge in [0.1, 0.15) is 11.8 Å². The number of aromatic hydroxyl groups is 1. The molecule has 1 aliphatic rings. The van der Waals surface area contributed by atoms with E-state index in [2.05, 4.69) is 5.32 Å². The minimum absolute atomic E-state index is 0.00622. The van der Waals surface area contributed by atoms with Crippen LogP contribution in [0.15, 0.2) is 48.5 Å². The topological polar surface area (TPSA) is 69.6 Å². The molecule has 0 aromatic heterocycles. The van der Waals surface area contributed by atoms with Gasteiger partial charge in [-0.3, -0.25) is 9.59 Å². The van der Waals surface area contributed by atoms with E-state index in [1.54, 1.807) is 24.3 Å². The van der Waals surface area contributed by atoms with Crippen molar-refractivity contribution < 1.29 is 14.7 Å². The Labute approximate surface area is 172 Å². The molecule has 1 fully saturated rings. The Morgan fingerprint density at radius 3 is 2.14 bits per heavy atom. The van der Waals surface area contributed by atoms with Crippen LogP contribution in [0.4, 0.5) is 0 Å². The summed E-state index contributed by atoms with van der Waals surface area (Å²) >= 11 is 0. The number of hydrogen-bond donors (Lipinski definition) is 2. The van der Waals surface area contributed by atoms with E-state index >= 15 is 0 Å². The highest BCUT2D eigenvalue weighted by molar-refractivity contribution is 5.97. The highest BCUT2D eigenvalue weighted by Crippen LogP contribution is 2.29. The predicted octanol–water partition coefficient (Wildman–Crippen LogP) is 3.86. The second kappa shape index (κ2) is 9.12. The summed E-state index contributed by atoms with van der Waals surface area (Å²) in [4.78, 5) is 27.6. The van der Waals surface area contributed by atoms with Crippen molar-refractivity contribution in [1.29, 1.82) is 0 Å². The minimum atomic E-state index is -0.533. The van der Waals surface area contributed by atoms with Gasteiger partial charge in [-0.05, 0) is 61.4 Å². The number of carbonyl (C=O) groups excluding carboxylic acids is 2. The average Bonchev–Trinajstić information content (AvgIpc) is 2.72. The fraction of sp³-hybridized carbons (Fsp3) is 0.417. The average molecular weight is 395 g/mol. The summed E-state index contributed by atoms with van der Waals surface area (Å²) < 4.78 is 0. The van der Waals surface area contributed by atoms with Crippen LogP contribution in [0.1, 0.15) is 54.1 Å². The normalized spacial score (nSPS) is 15.9. The minimum Gasteiger partial charge on any atom is -0.508 e. The number of phenols is 1. The van der Waals surface area contributed by atoms with E-state index in [-0.39, 0.29) is 23.5 Å². The van der Waals surface area contributed by atoms with Gasteiger partial charge in [0.05, 0.1) is 0 Å². The molecule has 0 bridgehead atoms. The summed E-state index contributed by atoms with van der Waals surface area (Å²) in [5.74, 6) is 0.442. The number of hydrogen-bond acceptors (Lipinski definition) is 3. The Kier molecular flexibility index (Phi) is 6.57. The standard InChI is InChI=1S/C24H30N2O3/c1-16(2)22(25-23(28)20-6-4-17(3)5-7-20)24(29)26-14-12-19(13-15-26)18-8-10-21(27)11-9-18/h4-11,16,19,22,27H,12-15H2,1-3H3,(H,25,28). The first kappa shape index (κ1) is 20.9. The number of likely N-dealkylation sites (tertiary alicyclic amines) is 1. The van der Waals surface area contributed by atoms with Gasteiger partial charge in [0.25, 0.3) is 5.91 Å². The second-order valence-electron chi connectivity index (χ2n) is 8.25. The van der Waals surface area contributed by atoms with Gasteiger partial charge in [-0.1, -0.05) is 43.7 Å². The van der Waals surface area contributed by atoms with Crippen molar-refractivity contribution in [1.82, 2.24) is 10.2 Å². The largest absolute Gasteiger partial charge is 0.508 e. The molecule has 1 heterocycles. The lowest BCUT2D eigenvalue weighted by Gasteiger charge is -2.35. The van der Waals surface area contributed by atoms with Crippen LogP contribution in [0.2, 0.25) is 0 Å². The Bertz CT molecular complexity index is 835. The molecule has 2 amide bonds. The molecule has 1 unspecified atom stereocenters. The smallest absolute Gasteiger partial charge is 0.251 e. The van der Waals surface area contributed by atoms with E-state index in [1.165, 1.54) is 5.56 Å². The van der Waals surface area contributed by atoms with Gasteiger partial charge in [-0.15, -0.1) is 0 Å². The van der Waals surface area contributed by atoms with E-state index in [4.69, 9.17) is 0 Å². The number of carbonyl (C=O) groups is 2. The zero-order valence-corrected chi connectivity index (χ0v) is 17.4. The van der Waals surface area contributed by atoms with Crippen LogP contribution in [-0.4, -0.2) is 41.0 Å². The van der Waals surface area contributed by atoms with Crippen molar-refractivity contribution in [2.75, 3.05) is 13.1 Å². The number of rotatable bonds is 5. The zero-order chi connectivity index (χ0) is 21.0. The molecule has 154 valence electrons. The molecule has 2 N–H and O–H groups in total. The van der Waals surface area contributed by atoms with Gasteiger partial charge in [0, 0.05) is 18.7 Å². The Morgan fingerprint density at radius 2 is 1.59 bits per heavy atom. The highest BCUT2D eigenvalue weighted by Gasteiger charge is 2.31. The third-order valence-electron chi connectivity index (χ3n) is 5.70. The molecule has 1 aliphatic heterocycles. The van der Waals surface area contributed by atoms with Gasteiger partial charge in [-0.2, -0.15) is 0 Å². The summed E-state index contributed by atoms with van der Waals surface area (Å²) in [7, 11) is 0. The summed E-state index contributed by atoms with van der Waals surface area (Å²) in [5, 5.41) is 12.4. The highest BCUT2D eigenvalue weighted by atomic mass is 16.3. The number of amides is 2. The molecule has 1 atom stereocenters. The lowest BCUT2D eigenvalue weighted by Crippen LogP contribution is -2.52. The van der Waals surface area contributed by atoms with Crippen molar-refractivity contribution in [3.8, 4) is 5.75 Å². The first-order chi connectivity index (χ1) is 13.8.